The van der Waals surface area contributed by atoms with Crippen molar-refractivity contribution >= 4 is 15.9 Å². The minimum Gasteiger partial charge on any atom is -0.355 e. The molecule has 0 radical (unpaired) electrons. The summed E-state index contributed by atoms with van der Waals surface area (Å²) in [4.78, 5) is 11.5. The average molecular weight is 307 g/mol. The zero-order valence-corrected chi connectivity index (χ0v) is 12.5. The van der Waals surface area contributed by atoms with Crippen molar-refractivity contribution in [3.63, 3.8) is 0 Å². The largest absolute Gasteiger partial charge is 0.355 e. The molecule has 7 heteroatoms. The van der Waals surface area contributed by atoms with E-state index in [1.807, 2.05) is 6.07 Å². The van der Waals surface area contributed by atoms with Crippen molar-refractivity contribution in [3.8, 4) is 6.07 Å². The lowest BCUT2D eigenvalue weighted by Crippen LogP contribution is -2.35. The van der Waals surface area contributed by atoms with E-state index in [-0.39, 0.29) is 29.8 Å². The SMILES string of the molecule is Cc1ccc(C#N)cc1S(=O)(=O)NCCNC(=O)C1CC1. The predicted octanol–water partition coefficient (Wildman–Crippen LogP) is 0.671. The number of rotatable bonds is 6. The molecular weight excluding hydrogens is 290 g/mol. The Morgan fingerprint density at radius 3 is 2.71 bits per heavy atom. The molecule has 0 bridgehead atoms. The highest BCUT2D eigenvalue weighted by atomic mass is 32.2. The van der Waals surface area contributed by atoms with E-state index >= 15 is 0 Å². The van der Waals surface area contributed by atoms with Crippen molar-refractivity contribution < 1.29 is 13.2 Å². The number of carbonyl (C=O) groups is 1. The number of benzene rings is 1. The van der Waals surface area contributed by atoms with Crippen LogP contribution in [0.25, 0.3) is 0 Å². The number of aryl methyl sites for hydroxylation is 1. The number of hydrogen-bond acceptors (Lipinski definition) is 4. The molecule has 0 spiro atoms. The van der Waals surface area contributed by atoms with Gasteiger partial charge in [-0.15, -0.1) is 0 Å². The third-order valence-electron chi connectivity index (χ3n) is 3.27. The number of nitriles is 1. The van der Waals surface area contributed by atoms with E-state index in [1.54, 1.807) is 19.1 Å². The molecule has 1 aromatic carbocycles. The molecule has 112 valence electrons. The van der Waals surface area contributed by atoms with Crippen LogP contribution in [0, 0.1) is 24.2 Å². The highest BCUT2D eigenvalue weighted by Crippen LogP contribution is 2.28. The summed E-state index contributed by atoms with van der Waals surface area (Å²) < 4.78 is 26.8. The van der Waals surface area contributed by atoms with Crippen molar-refractivity contribution in [1.29, 1.82) is 5.26 Å². The monoisotopic (exact) mass is 307 g/mol. The van der Waals surface area contributed by atoms with Gasteiger partial charge in [-0.05, 0) is 37.5 Å². The van der Waals surface area contributed by atoms with Crippen LogP contribution in [0.2, 0.25) is 0 Å². The van der Waals surface area contributed by atoms with Crippen molar-refractivity contribution in [2.24, 2.45) is 5.92 Å². The van der Waals surface area contributed by atoms with Crippen molar-refractivity contribution in [1.82, 2.24) is 10.0 Å². The van der Waals surface area contributed by atoms with E-state index in [4.69, 9.17) is 5.26 Å². The van der Waals surface area contributed by atoms with E-state index in [0.29, 0.717) is 11.1 Å². The highest BCUT2D eigenvalue weighted by molar-refractivity contribution is 7.89. The molecule has 2 rings (SSSR count). The van der Waals surface area contributed by atoms with Crippen LogP contribution in [0.4, 0.5) is 0 Å². The second-order valence-electron chi connectivity index (χ2n) is 5.06. The Bertz CT molecular complexity index is 688. The van der Waals surface area contributed by atoms with Gasteiger partial charge in [0.15, 0.2) is 0 Å². The molecule has 1 aromatic rings. The van der Waals surface area contributed by atoms with Gasteiger partial charge < -0.3 is 5.32 Å². The Morgan fingerprint density at radius 2 is 2.10 bits per heavy atom. The van der Waals surface area contributed by atoms with E-state index < -0.39 is 10.0 Å². The second kappa shape index (κ2) is 6.24. The van der Waals surface area contributed by atoms with Gasteiger partial charge in [-0.3, -0.25) is 4.79 Å². The van der Waals surface area contributed by atoms with Gasteiger partial charge in [0.05, 0.1) is 16.5 Å². The van der Waals surface area contributed by atoms with Crippen LogP contribution in [0.1, 0.15) is 24.0 Å². The molecule has 1 saturated carbocycles. The zero-order chi connectivity index (χ0) is 15.5. The average Bonchev–Trinajstić information content (AvgIpc) is 3.28. The Kier molecular flexibility index (Phi) is 4.60. The Hall–Kier alpha value is -1.91. The van der Waals surface area contributed by atoms with Gasteiger partial charge in [0.25, 0.3) is 0 Å². The number of carbonyl (C=O) groups excluding carboxylic acids is 1. The molecular formula is C14H17N3O3S. The maximum absolute atomic E-state index is 12.2. The second-order valence-corrected chi connectivity index (χ2v) is 6.79. The lowest BCUT2D eigenvalue weighted by Gasteiger charge is -2.10. The smallest absolute Gasteiger partial charge is 0.240 e. The molecule has 0 aliphatic heterocycles. The number of amides is 1. The number of nitrogens with one attached hydrogen (secondary N) is 2. The summed E-state index contributed by atoms with van der Waals surface area (Å²) in [5.41, 5.74) is 0.867. The summed E-state index contributed by atoms with van der Waals surface area (Å²) in [6.45, 7) is 2.05. The fraction of sp³-hybridized carbons (Fsp3) is 0.429. The number of hydrogen-bond donors (Lipinski definition) is 2. The molecule has 0 heterocycles. The van der Waals surface area contributed by atoms with Crippen LogP contribution in [-0.4, -0.2) is 27.4 Å². The van der Waals surface area contributed by atoms with E-state index in [9.17, 15) is 13.2 Å². The van der Waals surface area contributed by atoms with Gasteiger partial charge in [0, 0.05) is 19.0 Å². The van der Waals surface area contributed by atoms with Crippen LogP contribution in [0.3, 0.4) is 0 Å². The van der Waals surface area contributed by atoms with Crippen molar-refractivity contribution in [2.75, 3.05) is 13.1 Å². The molecule has 1 amide bonds. The first-order chi connectivity index (χ1) is 9.94. The maximum Gasteiger partial charge on any atom is 0.240 e. The summed E-state index contributed by atoms with van der Waals surface area (Å²) in [5.74, 6) is 0.0908. The van der Waals surface area contributed by atoms with Gasteiger partial charge in [-0.2, -0.15) is 5.26 Å². The Morgan fingerprint density at radius 1 is 1.38 bits per heavy atom. The summed E-state index contributed by atoms with van der Waals surface area (Å²) in [6.07, 6.45) is 1.83. The molecule has 0 saturated heterocycles. The number of nitrogens with zero attached hydrogens (tertiary/aromatic N) is 1. The van der Waals surface area contributed by atoms with E-state index in [0.717, 1.165) is 12.8 Å². The van der Waals surface area contributed by atoms with Crippen molar-refractivity contribution in [3.05, 3.63) is 29.3 Å². The first-order valence-electron chi connectivity index (χ1n) is 6.72. The standard InChI is InChI=1S/C14H17N3O3S/c1-10-2-3-11(9-15)8-13(10)21(19,20)17-7-6-16-14(18)12-4-5-12/h2-3,8,12,17H,4-7H2,1H3,(H,16,18). The quantitative estimate of drug-likeness (QED) is 0.755. The predicted molar refractivity (Wildman–Crippen MR) is 76.8 cm³/mol. The van der Waals surface area contributed by atoms with Crippen LogP contribution >= 0.6 is 0 Å². The zero-order valence-electron chi connectivity index (χ0n) is 11.7. The highest BCUT2D eigenvalue weighted by Gasteiger charge is 2.29. The normalized spacial score (nSPS) is 14.5. The summed E-state index contributed by atoms with van der Waals surface area (Å²) in [6, 6.07) is 6.44. The van der Waals surface area contributed by atoms with E-state index in [1.165, 1.54) is 6.07 Å². The van der Waals surface area contributed by atoms with Gasteiger partial charge in [0.1, 0.15) is 0 Å². The molecule has 0 unspecified atom stereocenters. The van der Waals surface area contributed by atoms with Crippen LogP contribution in [-0.2, 0) is 14.8 Å². The minimum atomic E-state index is -3.68. The molecule has 0 atom stereocenters. The molecule has 21 heavy (non-hydrogen) atoms. The third kappa shape index (κ3) is 4.03. The molecule has 2 N–H and O–H groups in total. The lowest BCUT2D eigenvalue weighted by atomic mass is 10.2. The fourth-order valence-corrected chi connectivity index (χ4v) is 3.20. The fourth-order valence-electron chi connectivity index (χ4n) is 1.90. The molecule has 6 nitrogen and oxygen atoms in total. The van der Waals surface area contributed by atoms with Gasteiger partial charge >= 0.3 is 0 Å². The van der Waals surface area contributed by atoms with Crippen LogP contribution in [0.5, 0.6) is 0 Å². The lowest BCUT2D eigenvalue weighted by molar-refractivity contribution is -0.122. The molecule has 1 fully saturated rings. The summed E-state index contributed by atoms with van der Waals surface area (Å²) in [5, 5.41) is 11.5. The minimum absolute atomic E-state index is 0.0168. The molecule has 1 aliphatic carbocycles. The van der Waals surface area contributed by atoms with Crippen LogP contribution < -0.4 is 10.0 Å². The van der Waals surface area contributed by atoms with Gasteiger partial charge in [-0.25, -0.2) is 13.1 Å². The number of sulfonamides is 1. The molecule has 1 aliphatic rings. The maximum atomic E-state index is 12.2. The van der Waals surface area contributed by atoms with Gasteiger partial charge in [-0.1, -0.05) is 6.07 Å². The molecule has 0 aromatic heterocycles. The Balaban J connectivity index is 1.95. The topological polar surface area (TPSA) is 99.1 Å². The summed E-state index contributed by atoms with van der Waals surface area (Å²) in [7, 11) is -3.68. The first-order valence-corrected chi connectivity index (χ1v) is 8.20. The van der Waals surface area contributed by atoms with Gasteiger partial charge in [0.2, 0.25) is 15.9 Å². The van der Waals surface area contributed by atoms with Crippen molar-refractivity contribution in [2.45, 2.75) is 24.7 Å². The third-order valence-corrected chi connectivity index (χ3v) is 4.87. The Labute approximate surface area is 124 Å². The summed E-state index contributed by atoms with van der Waals surface area (Å²) >= 11 is 0. The van der Waals surface area contributed by atoms with Crippen LogP contribution in [0.15, 0.2) is 23.1 Å². The van der Waals surface area contributed by atoms with E-state index in [2.05, 4.69) is 10.0 Å². The first kappa shape index (κ1) is 15.5.